The van der Waals surface area contributed by atoms with Crippen molar-refractivity contribution < 1.29 is 23.7 Å². The van der Waals surface area contributed by atoms with Crippen LogP contribution in [-0.2, 0) is 0 Å². The molecule has 0 aromatic heterocycles. The van der Waals surface area contributed by atoms with Gasteiger partial charge in [-0.3, -0.25) is 0 Å². The van der Waals surface area contributed by atoms with Gasteiger partial charge in [-0.25, -0.2) is 4.79 Å². The highest BCUT2D eigenvalue weighted by molar-refractivity contribution is 5.99. The Kier molecular flexibility index (Phi) is 9.34. The molecule has 0 fully saturated rings. The third-order valence-corrected chi connectivity index (χ3v) is 6.86. The Labute approximate surface area is 241 Å². The number of ether oxygens (including phenoxy) is 4. The van der Waals surface area contributed by atoms with Gasteiger partial charge in [-0.1, -0.05) is 62.4 Å². The molecule has 0 saturated carbocycles. The fourth-order valence-corrected chi connectivity index (χ4v) is 4.82. The fraction of sp³-hybridized carbons (Fsp3) is 0.229. The number of hydrogen-bond donors (Lipinski definition) is 1. The molecule has 6 heteroatoms. The molecule has 1 N–H and O–H groups in total. The lowest BCUT2D eigenvalue weighted by Crippen LogP contribution is -2.21. The van der Waals surface area contributed by atoms with E-state index in [2.05, 4.69) is 37.4 Å². The van der Waals surface area contributed by atoms with Gasteiger partial charge < -0.3 is 24.3 Å². The molecular weight excluding hydrogens is 514 g/mol. The van der Waals surface area contributed by atoms with Gasteiger partial charge >= 0.3 is 5.97 Å². The Morgan fingerprint density at radius 3 is 2.07 bits per heavy atom. The second-order valence-corrected chi connectivity index (χ2v) is 9.68. The van der Waals surface area contributed by atoms with E-state index in [1.54, 1.807) is 12.1 Å². The molecule has 6 nitrogen and oxygen atoms in total. The molecule has 1 aliphatic rings. The van der Waals surface area contributed by atoms with Crippen molar-refractivity contribution in [3.8, 4) is 23.0 Å². The molecule has 210 valence electrons. The van der Waals surface area contributed by atoms with Gasteiger partial charge in [0.15, 0.2) is 11.5 Å². The van der Waals surface area contributed by atoms with Gasteiger partial charge in [0.1, 0.15) is 18.1 Å². The topological polar surface area (TPSA) is 66.0 Å². The van der Waals surface area contributed by atoms with Crippen molar-refractivity contribution in [2.45, 2.75) is 26.7 Å². The zero-order valence-corrected chi connectivity index (χ0v) is 23.5. The minimum Gasteiger partial charge on any atom is -0.492 e. The first kappa shape index (κ1) is 28.0. The van der Waals surface area contributed by atoms with Crippen LogP contribution < -0.4 is 24.3 Å². The minimum absolute atomic E-state index is 0.232. The molecule has 0 atom stereocenters. The third kappa shape index (κ3) is 6.97. The van der Waals surface area contributed by atoms with Crippen LogP contribution in [0.15, 0.2) is 97.1 Å². The van der Waals surface area contributed by atoms with E-state index in [1.165, 1.54) is 0 Å². The Hall–Kier alpha value is -4.55. The number of rotatable bonds is 12. The zero-order valence-electron chi connectivity index (χ0n) is 23.5. The summed E-state index contributed by atoms with van der Waals surface area (Å²) in [5.74, 6) is 2.44. The number of benzene rings is 4. The first-order valence-electron chi connectivity index (χ1n) is 14.1. The molecule has 0 radical (unpaired) electrons. The molecule has 5 rings (SSSR count). The number of carbonyl (C=O) groups excluding carboxylic acids is 1. The Morgan fingerprint density at radius 2 is 1.39 bits per heavy atom. The van der Waals surface area contributed by atoms with E-state index in [-0.39, 0.29) is 12.8 Å². The summed E-state index contributed by atoms with van der Waals surface area (Å²) in [6.07, 6.45) is 1.89. The quantitative estimate of drug-likeness (QED) is 0.0861. The minimum atomic E-state index is -0.385. The summed E-state index contributed by atoms with van der Waals surface area (Å²) in [7, 11) is 0. The van der Waals surface area contributed by atoms with Gasteiger partial charge in [0.05, 0.1) is 5.56 Å². The molecule has 4 aromatic carbocycles. The number of allylic oxidation sites excluding steroid dienone is 1. The lowest BCUT2D eigenvalue weighted by molar-refractivity contribution is 0.0734. The van der Waals surface area contributed by atoms with Crippen LogP contribution in [0.2, 0.25) is 0 Å². The molecule has 0 amide bonds. The normalized spacial score (nSPS) is 12.5. The molecule has 1 aliphatic heterocycles. The van der Waals surface area contributed by atoms with E-state index in [0.29, 0.717) is 17.9 Å². The van der Waals surface area contributed by atoms with Crippen LogP contribution in [0.3, 0.4) is 0 Å². The predicted octanol–water partition coefficient (Wildman–Crippen LogP) is 7.38. The van der Waals surface area contributed by atoms with Gasteiger partial charge in [0, 0.05) is 6.54 Å². The van der Waals surface area contributed by atoms with E-state index in [4.69, 9.17) is 18.9 Å². The van der Waals surface area contributed by atoms with Gasteiger partial charge in [0.25, 0.3) is 0 Å². The monoisotopic (exact) mass is 549 g/mol. The lowest BCUT2D eigenvalue weighted by Gasteiger charge is -2.17. The first-order chi connectivity index (χ1) is 20.2. The van der Waals surface area contributed by atoms with Crippen molar-refractivity contribution in [3.63, 3.8) is 0 Å². The second-order valence-electron chi connectivity index (χ2n) is 9.68. The van der Waals surface area contributed by atoms with Crippen molar-refractivity contribution in [3.05, 3.63) is 119 Å². The van der Waals surface area contributed by atoms with Gasteiger partial charge in [-0.2, -0.15) is 0 Å². The second kappa shape index (κ2) is 13.7. The number of hydrogen-bond acceptors (Lipinski definition) is 6. The van der Waals surface area contributed by atoms with Crippen LogP contribution in [0, 0.1) is 0 Å². The molecule has 4 aromatic rings. The smallest absolute Gasteiger partial charge is 0.343 e. The van der Waals surface area contributed by atoms with E-state index >= 15 is 0 Å². The van der Waals surface area contributed by atoms with Crippen LogP contribution in [0.4, 0.5) is 0 Å². The van der Waals surface area contributed by atoms with E-state index < -0.39 is 0 Å². The van der Waals surface area contributed by atoms with Crippen molar-refractivity contribution in [2.75, 3.05) is 26.5 Å². The summed E-state index contributed by atoms with van der Waals surface area (Å²) < 4.78 is 22.8. The fourth-order valence-electron chi connectivity index (χ4n) is 4.82. The van der Waals surface area contributed by atoms with E-state index in [0.717, 1.165) is 71.0 Å². The van der Waals surface area contributed by atoms with Crippen LogP contribution >= 0.6 is 0 Å². The first-order valence-corrected chi connectivity index (χ1v) is 14.1. The summed E-state index contributed by atoms with van der Waals surface area (Å²) in [5.41, 5.74) is 5.89. The number of nitrogens with one attached hydrogen (secondary N) is 1. The number of esters is 1. The number of carbonyl (C=O) groups is 1. The predicted molar refractivity (Wildman–Crippen MR) is 162 cm³/mol. The molecule has 1 heterocycles. The molecule has 0 aliphatic carbocycles. The third-order valence-electron chi connectivity index (χ3n) is 6.86. The molecule has 0 saturated heterocycles. The summed E-state index contributed by atoms with van der Waals surface area (Å²) in [6, 6.07) is 30.9. The zero-order chi connectivity index (χ0) is 28.4. The standard InChI is InChI=1S/C35H35NO5/c1-3-20-36-21-22-38-29-15-10-25(11-16-29)34(31(4-2)28-14-19-32-33(23-28)40-24-39-32)26-12-17-30(18-13-26)41-35(37)27-8-6-5-7-9-27/h5-19,23,36H,3-4,20-22,24H2,1-2H3. The highest BCUT2D eigenvalue weighted by Crippen LogP contribution is 2.40. The van der Waals surface area contributed by atoms with E-state index in [1.807, 2.05) is 66.7 Å². The van der Waals surface area contributed by atoms with Gasteiger partial charge in [0.2, 0.25) is 6.79 Å². The largest absolute Gasteiger partial charge is 0.492 e. The number of fused-ring (bicyclic) bond motifs is 1. The summed E-state index contributed by atoms with van der Waals surface area (Å²) in [5, 5.41) is 3.36. The highest BCUT2D eigenvalue weighted by Gasteiger charge is 2.18. The Morgan fingerprint density at radius 1 is 0.732 bits per heavy atom. The van der Waals surface area contributed by atoms with Crippen LogP contribution in [0.1, 0.15) is 53.7 Å². The molecule has 0 bridgehead atoms. The highest BCUT2D eigenvalue weighted by atomic mass is 16.7. The molecule has 0 unspecified atom stereocenters. The van der Waals surface area contributed by atoms with E-state index in [9.17, 15) is 4.79 Å². The average Bonchev–Trinajstić information content (AvgIpc) is 3.49. The Bertz CT molecular complexity index is 1480. The molecule has 41 heavy (non-hydrogen) atoms. The van der Waals surface area contributed by atoms with Crippen molar-refractivity contribution in [1.82, 2.24) is 5.32 Å². The van der Waals surface area contributed by atoms with Crippen LogP contribution in [-0.4, -0.2) is 32.5 Å². The van der Waals surface area contributed by atoms with Crippen LogP contribution in [0.25, 0.3) is 11.1 Å². The molecular formula is C35H35NO5. The van der Waals surface area contributed by atoms with Gasteiger partial charge in [-0.05, 0) is 95.8 Å². The summed E-state index contributed by atoms with van der Waals surface area (Å²) >= 11 is 0. The van der Waals surface area contributed by atoms with Crippen molar-refractivity contribution in [2.24, 2.45) is 0 Å². The summed E-state index contributed by atoms with van der Waals surface area (Å²) in [4.78, 5) is 12.6. The lowest BCUT2D eigenvalue weighted by atomic mass is 9.88. The Balaban J connectivity index is 1.46. The average molecular weight is 550 g/mol. The SMILES string of the molecule is CCCNCCOc1ccc(C(=C(CC)c2ccc3c(c2)OCO3)c2ccc(OC(=O)c3ccccc3)cc2)cc1. The molecule has 0 spiro atoms. The van der Waals surface area contributed by atoms with Crippen molar-refractivity contribution in [1.29, 1.82) is 0 Å². The maximum atomic E-state index is 12.6. The summed E-state index contributed by atoms with van der Waals surface area (Å²) in [6.45, 7) is 6.94. The van der Waals surface area contributed by atoms with Crippen LogP contribution in [0.5, 0.6) is 23.0 Å². The van der Waals surface area contributed by atoms with Gasteiger partial charge in [-0.15, -0.1) is 0 Å². The van der Waals surface area contributed by atoms with Crippen molar-refractivity contribution >= 4 is 17.1 Å². The maximum absolute atomic E-state index is 12.6. The maximum Gasteiger partial charge on any atom is 0.343 e.